The number of nitrogens with one attached hydrogen (secondary N) is 1. The van der Waals surface area contributed by atoms with Crippen molar-refractivity contribution in [1.82, 2.24) is 4.98 Å². The van der Waals surface area contributed by atoms with Crippen LogP contribution in [0.4, 0.5) is 5.82 Å². The lowest BCUT2D eigenvalue weighted by molar-refractivity contribution is -0.143. The van der Waals surface area contributed by atoms with Crippen molar-refractivity contribution >= 4 is 28.4 Å². The Morgan fingerprint density at radius 2 is 1.47 bits per heavy atom. The molecule has 0 bridgehead atoms. The van der Waals surface area contributed by atoms with Crippen molar-refractivity contribution in [3.63, 3.8) is 0 Å². The van der Waals surface area contributed by atoms with Gasteiger partial charge in [0.15, 0.2) is 0 Å². The summed E-state index contributed by atoms with van der Waals surface area (Å²) in [5, 5.41) is 1.08. The van der Waals surface area contributed by atoms with E-state index in [1.165, 1.54) is 0 Å². The number of nitrogens with zero attached hydrogens (tertiary/aromatic N) is 1. The van der Waals surface area contributed by atoms with Crippen LogP contribution in [0.1, 0.15) is 30.0 Å². The predicted molar refractivity (Wildman–Crippen MR) is 121 cm³/mol. The van der Waals surface area contributed by atoms with E-state index < -0.39 is 0 Å². The number of carbonyl (C=O) groups is 1. The summed E-state index contributed by atoms with van der Waals surface area (Å²) in [5.41, 5.74) is 5.01. The number of H-pyrrole nitrogens is 1. The van der Waals surface area contributed by atoms with Gasteiger partial charge in [0.2, 0.25) is 0 Å². The molecule has 150 valence electrons. The van der Waals surface area contributed by atoms with Crippen molar-refractivity contribution in [2.75, 3.05) is 6.61 Å². The Hall–Kier alpha value is -3.66. The third-order valence-corrected chi connectivity index (χ3v) is 4.99. The fourth-order valence-electron chi connectivity index (χ4n) is 3.59. The molecule has 0 aliphatic rings. The summed E-state index contributed by atoms with van der Waals surface area (Å²) >= 11 is 0. The number of hydrogen-bond acceptors (Lipinski definition) is 3. The maximum absolute atomic E-state index is 12.0. The predicted octanol–water partition coefficient (Wildman–Crippen LogP) is 5.83. The number of rotatable bonds is 7. The minimum absolute atomic E-state index is 0.191. The quantitative estimate of drug-likeness (QED) is 0.315. The molecule has 0 fully saturated rings. The van der Waals surface area contributed by atoms with Crippen LogP contribution in [0.25, 0.3) is 10.9 Å². The third-order valence-electron chi connectivity index (χ3n) is 4.99. The highest BCUT2D eigenvalue weighted by Crippen LogP contribution is 2.31. The summed E-state index contributed by atoms with van der Waals surface area (Å²) in [4.78, 5) is 20.5. The van der Waals surface area contributed by atoms with Crippen molar-refractivity contribution in [1.29, 1.82) is 0 Å². The number of benzene rings is 3. The van der Waals surface area contributed by atoms with E-state index in [1.54, 1.807) is 0 Å². The van der Waals surface area contributed by atoms with Gasteiger partial charge in [-0.2, -0.15) is 0 Å². The Kier molecular flexibility index (Phi) is 6.04. The summed E-state index contributed by atoms with van der Waals surface area (Å²) in [6.45, 7) is 2.22. The molecule has 0 saturated carbocycles. The molecule has 0 unspecified atom stereocenters. The molecule has 1 N–H and O–H groups in total. The molecular formula is C26H24N2O2. The molecule has 3 aromatic carbocycles. The van der Waals surface area contributed by atoms with Gasteiger partial charge in [-0.1, -0.05) is 78.9 Å². The zero-order chi connectivity index (χ0) is 20.8. The zero-order valence-electron chi connectivity index (χ0n) is 17.0. The lowest BCUT2D eigenvalue weighted by Gasteiger charge is -2.08. The maximum atomic E-state index is 12.0. The molecule has 0 radical (unpaired) electrons. The van der Waals surface area contributed by atoms with Gasteiger partial charge in [0.25, 0.3) is 0 Å². The van der Waals surface area contributed by atoms with Gasteiger partial charge >= 0.3 is 5.97 Å². The first-order valence-electron chi connectivity index (χ1n) is 10.2. The van der Waals surface area contributed by atoms with Gasteiger partial charge in [-0.05, 0) is 19.4 Å². The van der Waals surface area contributed by atoms with Crippen molar-refractivity contribution in [3.8, 4) is 0 Å². The zero-order valence-corrected chi connectivity index (χ0v) is 17.0. The molecule has 4 heteroatoms. The summed E-state index contributed by atoms with van der Waals surface area (Å²) in [6.07, 6.45) is 0.892. The number of ether oxygens (including phenoxy) is 1. The molecule has 4 nitrogen and oxygen atoms in total. The Balaban J connectivity index is 1.82. The van der Waals surface area contributed by atoms with Crippen LogP contribution >= 0.6 is 0 Å². The average molecular weight is 396 g/mol. The first kappa shape index (κ1) is 19.6. The van der Waals surface area contributed by atoms with E-state index in [0.717, 1.165) is 39.1 Å². The standard InChI is InChI=1S/C26H24N2O2/c1-2-30-24(29)18-17-22-21-15-9-10-16-23(21)27-26(22)28-25(19-11-5-3-6-12-19)20-13-7-4-8-14-20/h3-16,27H,2,17-18H2,1H3. The van der Waals surface area contributed by atoms with Crippen molar-refractivity contribution < 1.29 is 9.53 Å². The molecule has 0 saturated heterocycles. The van der Waals surface area contributed by atoms with E-state index >= 15 is 0 Å². The smallest absolute Gasteiger partial charge is 0.306 e. The highest BCUT2D eigenvalue weighted by atomic mass is 16.5. The molecule has 0 amide bonds. The molecule has 0 spiro atoms. The molecular weight excluding hydrogens is 372 g/mol. The normalized spacial score (nSPS) is 10.7. The van der Waals surface area contributed by atoms with Gasteiger partial charge in [-0.15, -0.1) is 0 Å². The fourth-order valence-corrected chi connectivity index (χ4v) is 3.59. The van der Waals surface area contributed by atoms with Gasteiger partial charge in [-0.3, -0.25) is 4.79 Å². The summed E-state index contributed by atoms with van der Waals surface area (Å²) in [5.74, 6) is 0.590. The second-order valence-electron chi connectivity index (χ2n) is 7.00. The fraction of sp³-hybridized carbons (Fsp3) is 0.154. The SMILES string of the molecule is CCOC(=O)CCc1c(N=C(c2ccccc2)c2ccccc2)[nH]c2ccccc12. The first-order valence-corrected chi connectivity index (χ1v) is 10.2. The van der Waals surface area contributed by atoms with Crippen LogP contribution in [0, 0.1) is 0 Å². The molecule has 1 heterocycles. The van der Waals surface area contributed by atoms with Gasteiger partial charge in [0.05, 0.1) is 12.3 Å². The Morgan fingerprint density at radius 3 is 2.10 bits per heavy atom. The molecule has 4 rings (SSSR count). The number of esters is 1. The van der Waals surface area contributed by atoms with Gasteiger partial charge < -0.3 is 9.72 Å². The van der Waals surface area contributed by atoms with Gasteiger partial charge in [0.1, 0.15) is 5.82 Å². The molecule has 0 aliphatic carbocycles. The lowest BCUT2D eigenvalue weighted by Crippen LogP contribution is -2.05. The van der Waals surface area contributed by atoms with E-state index in [4.69, 9.17) is 9.73 Å². The number of carbonyl (C=O) groups excluding carboxylic acids is 1. The minimum atomic E-state index is -0.191. The molecule has 1 aromatic heterocycles. The van der Waals surface area contributed by atoms with Crippen LogP contribution in [0.15, 0.2) is 89.9 Å². The van der Waals surface area contributed by atoms with E-state index in [9.17, 15) is 4.79 Å². The topological polar surface area (TPSA) is 54.4 Å². The number of aryl methyl sites for hydroxylation is 1. The number of aromatic nitrogens is 1. The van der Waals surface area contributed by atoms with Gasteiger partial charge in [0, 0.05) is 34.0 Å². The summed E-state index contributed by atoms with van der Waals surface area (Å²) < 4.78 is 5.13. The summed E-state index contributed by atoms with van der Waals surface area (Å²) in [6, 6.07) is 28.4. The second-order valence-corrected chi connectivity index (χ2v) is 7.00. The Bertz CT molecular complexity index is 1120. The monoisotopic (exact) mass is 396 g/mol. The number of para-hydroxylation sites is 1. The molecule has 30 heavy (non-hydrogen) atoms. The molecule has 0 aliphatic heterocycles. The number of aromatic amines is 1. The highest BCUT2D eigenvalue weighted by Gasteiger charge is 2.15. The van der Waals surface area contributed by atoms with E-state index in [1.807, 2.05) is 61.5 Å². The van der Waals surface area contributed by atoms with E-state index in [-0.39, 0.29) is 5.97 Å². The third kappa shape index (κ3) is 4.33. The first-order chi connectivity index (χ1) is 14.8. The van der Waals surface area contributed by atoms with E-state index in [2.05, 4.69) is 35.3 Å². The van der Waals surface area contributed by atoms with Crippen molar-refractivity contribution in [3.05, 3.63) is 102 Å². The molecule has 4 aromatic rings. The van der Waals surface area contributed by atoms with Crippen LogP contribution in [-0.4, -0.2) is 23.3 Å². The largest absolute Gasteiger partial charge is 0.466 e. The minimum Gasteiger partial charge on any atom is -0.466 e. The van der Waals surface area contributed by atoms with Crippen molar-refractivity contribution in [2.24, 2.45) is 4.99 Å². The van der Waals surface area contributed by atoms with Crippen LogP contribution < -0.4 is 0 Å². The lowest BCUT2D eigenvalue weighted by atomic mass is 10.0. The van der Waals surface area contributed by atoms with Crippen LogP contribution in [0.2, 0.25) is 0 Å². The van der Waals surface area contributed by atoms with Crippen LogP contribution in [0.5, 0.6) is 0 Å². The highest BCUT2D eigenvalue weighted by molar-refractivity contribution is 6.14. The van der Waals surface area contributed by atoms with E-state index in [0.29, 0.717) is 19.4 Å². The molecule has 0 atom stereocenters. The Morgan fingerprint density at radius 1 is 0.867 bits per heavy atom. The maximum Gasteiger partial charge on any atom is 0.306 e. The summed E-state index contributed by atoms with van der Waals surface area (Å²) in [7, 11) is 0. The number of aliphatic imine (C=N–C) groups is 1. The number of hydrogen-bond donors (Lipinski definition) is 1. The van der Waals surface area contributed by atoms with Crippen LogP contribution in [-0.2, 0) is 16.0 Å². The van der Waals surface area contributed by atoms with Crippen molar-refractivity contribution in [2.45, 2.75) is 19.8 Å². The van der Waals surface area contributed by atoms with Gasteiger partial charge in [-0.25, -0.2) is 4.99 Å². The average Bonchev–Trinajstić information content (AvgIpc) is 3.14. The second kappa shape index (κ2) is 9.23. The van der Waals surface area contributed by atoms with Crippen LogP contribution in [0.3, 0.4) is 0 Å². The Labute approximate surface area is 176 Å². The number of fused-ring (bicyclic) bond motifs is 1.